The topological polar surface area (TPSA) is 139 Å². The van der Waals surface area contributed by atoms with Gasteiger partial charge in [-0.15, -0.1) is 0 Å². The number of sulfonamides is 1. The molecule has 2 heterocycles. The third-order valence-corrected chi connectivity index (χ3v) is 8.38. The molecule has 3 aromatic carbocycles. The molecule has 1 amide bonds. The summed E-state index contributed by atoms with van der Waals surface area (Å²) in [6.45, 7) is 1.43. The Bertz CT molecular complexity index is 1790. The molecule has 10 nitrogen and oxygen atoms in total. The van der Waals surface area contributed by atoms with E-state index >= 15 is 0 Å². The zero-order valence-corrected chi connectivity index (χ0v) is 24.8. The zero-order valence-electron chi connectivity index (χ0n) is 23.1. The number of carbonyl (C=O) groups excluding carboxylic acids is 1. The van der Waals surface area contributed by atoms with Crippen molar-refractivity contribution in [2.45, 2.75) is 13.0 Å². The molecule has 0 fully saturated rings. The molecule has 1 atom stereocenters. The summed E-state index contributed by atoms with van der Waals surface area (Å²) < 4.78 is 78.0. The fourth-order valence-corrected chi connectivity index (χ4v) is 6.23. The van der Waals surface area contributed by atoms with Crippen molar-refractivity contribution in [1.82, 2.24) is 5.32 Å². The summed E-state index contributed by atoms with van der Waals surface area (Å²) >= 11 is 0. The molecule has 42 heavy (non-hydrogen) atoms. The van der Waals surface area contributed by atoms with E-state index in [4.69, 9.17) is 13.9 Å². The molecule has 5 rings (SSSR count). The van der Waals surface area contributed by atoms with Crippen LogP contribution in [-0.4, -0.2) is 49.5 Å². The Kier molecular flexibility index (Phi) is 7.70. The van der Waals surface area contributed by atoms with Gasteiger partial charge in [0.05, 0.1) is 29.5 Å². The maximum absolute atomic E-state index is 13.2. The van der Waals surface area contributed by atoms with Gasteiger partial charge in [-0.2, -0.15) is 10.6 Å². The van der Waals surface area contributed by atoms with E-state index in [0.29, 0.717) is 28.0 Å². The fraction of sp³-hybridized carbons (Fsp3) is 0.207. The van der Waals surface area contributed by atoms with Gasteiger partial charge in [-0.25, -0.2) is 12.8 Å². The number of hydrogen-bond acceptors (Lipinski definition) is 8. The molecule has 0 spiro atoms. The average molecular weight is 617 g/mol. The highest BCUT2D eigenvalue weighted by Crippen LogP contribution is 2.44. The highest BCUT2D eigenvalue weighted by molar-refractivity contribution is 8.26. The van der Waals surface area contributed by atoms with Crippen LogP contribution in [-0.2, 0) is 14.8 Å². The summed E-state index contributed by atoms with van der Waals surface area (Å²) in [7, 11) is -5.49. The van der Waals surface area contributed by atoms with Crippen LogP contribution >= 0.6 is 10.6 Å². The minimum Gasteiger partial charge on any atom is -0.487 e. The van der Waals surface area contributed by atoms with Crippen molar-refractivity contribution in [3.8, 4) is 22.8 Å². The van der Waals surface area contributed by atoms with Crippen LogP contribution in [0, 0.1) is 5.82 Å². The number of nitrogens with one attached hydrogen (secondary N) is 1. The van der Waals surface area contributed by atoms with E-state index in [2.05, 4.69) is 5.32 Å². The largest absolute Gasteiger partial charge is 0.487 e. The van der Waals surface area contributed by atoms with Gasteiger partial charge in [0.25, 0.3) is 5.91 Å². The number of benzene rings is 3. The van der Waals surface area contributed by atoms with Crippen molar-refractivity contribution < 1.29 is 40.6 Å². The Hall–Kier alpha value is -4.04. The molecule has 3 N–H and O–H groups in total. The number of amides is 1. The van der Waals surface area contributed by atoms with Gasteiger partial charge in [0.15, 0.2) is 0 Å². The highest BCUT2D eigenvalue weighted by Gasteiger charge is 2.32. The lowest BCUT2D eigenvalue weighted by Gasteiger charge is -2.25. The SMILES string of the molecule is CNC(=O)c1c(-c2ccc(Oc3ccc(F)cc3)cc2)oc2cc3c(cc12)C(C)O/C(=C\S(C)(O)O)CN3S(C)(=O)=O. The molecule has 13 heteroatoms. The van der Waals surface area contributed by atoms with E-state index in [9.17, 15) is 26.7 Å². The number of halogens is 1. The smallest absolute Gasteiger partial charge is 0.255 e. The number of rotatable bonds is 6. The first-order valence-corrected chi connectivity index (χ1v) is 16.5. The summed E-state index contributed by atoms with van der Waals surface area (Å²) in [4.78, 5) is 13.1. The zero-order chi connectivity index (χ0) is 30.4. The lowest BCUT2D eigenvalue weighted by atomic mass is 10.0. The number of nitrogens with zero attached hydrogens (tertiary/aromatic N) is 1. The standard InChI is InChI=1S/C29H29FN2O8S2/c1-17-23-13-24-26(14-25(23)32(42(4,36)37)15-22(38-17)16-41(3,34)35)40-28(27(24)29(33)31-2)18-5-9-20(10-6-18)39-21-11-7-19(30)8-12-21/h5-14,16-17,34-35H,15H2,1-4H3,(H,31,33)/b22-16-. The third-order valence-electron chi connectivity index (χ3n) is 6.55. The number of carbonyl (C=O) groups is 1. The van der Waals surface area contributed by atoms with Crippen molar-refractivity contribution in [2.24, 2.45) is 0 Å². The molecule has 1 aliphatic rings. The van der Waals surface area contributed by atoms with Crippen LogP contribution < -0.4 is 14.4 Å². The van der Waals surface area contributed by atoms with Gasteiger partial charge >= 0.3 is 0 Å². The van der Waals surface area contributed by atoms with E-state index in [1.165, 1.54) is 37.6 Å². The van der Waals surface area contributed by atoms with Crippen LogP contribution in [0.1, 0.15) is 28.9 Å². The number of anilines is 1. The van der Waals surface area contributed by atoms with E-state index in [1.807, 2.05) is 0 Å². The molecule has 0 aliphatic carbocycles. The second-order valence-electron chi connectivity index (χ2n) is 9.88. The normalized spacial score (nSPS) is 17.0. The van der Waals surface area contributed by atoms with E-state index < -0.39 is 32.6 Å². The number of fused-ring (bicyclic) bond motifs is 2. The molecule has 222 valence electrons. The number of hydrogen-bond donors (Lipinski definition) is 3. The highest BCUT2D eigenvalue weighted by atomic mass is 32.3. The Balaban J connectivity index is 1.62. The first-order chi connectivity index (χ1) is 19.7. The molecule has 0 bridgehead atoms. The van der Waals surface area contributed by atoms with Gasteiger partial charge in [0.2, 0.25) is 10.0 Å². The Morgan fingerprint density at radius 3 is 2.26 bits per heavy atom. The molecule has 1 aromatic heterocycles. The van der Waals surface area contributed by atoms with Crippen LogP contribution in [0.3, 0.4) is 0 Å². The van der Waals surface area contributed by atoms with Crippen molar-refractivity contribution in [3.05, 3.63) is 88.8 Å². The molecule has 1 unspecified atom stereocenters. The maximum Gasteiger partial charge on any atom is 0.255 e. The predicted octanol–water partition coefficient (Wildman–Crippen LogP) is 6.47. The first-order valence-electron chi connectivity index (χ1n) is 12.7. The Morgan fingerprint density at radius 1 is 1.07 bits per heavy atom. The average Bonchev–Trinajstić information content (AvgIpc) is 3.22. The van der Waals surface area contributed by atoms with Crippen LogP contribution in [0.2, 0.25) is 0 Å². The van der Waals surface area contributed by atoms with Gasteiger partial charge in [-0.05, 0) is 61.5 Å². The van der Waals surface area contributed by atoms with Crippen LogP contribution in [0.5, 0.6) is 11.5 Å². The van der Waals surface area contributed by atoms with Crippen molar-refractivity contribution >= 4 is 43.2 Å². The molecule has 4 aromatic rings. The summed E-state index contributed by atoms with van der Waals surface area (Å²) in [5.74, 6) is 0.485. The number of furan rings is 1. The van der Waals surface area contributed by atoms with Gasteiger partial charge in [-0.1, -0.05) is 0 Å². The lowest BCUT2D eigenvalue weighted by Crippen LogP contribution is -2.31. The number of ether oxygens (including phenoxy) is 2. The Labute approximate surface area is 243 Å². The van der Waals surface area contributed by atoms with Gasteiger partial charge in [0, 0.05) is 35.9 Å². The minimum atomic E-state index is -3.85. The van der Waals surface area contributed by atoms with Crippen molar-refractivity contribution in [1.29, 1.82) is 0 Å². The first kappa shape index (κ1) is 29.5. The monoisotopic (exact) mass is 616 g/mol. The quantitative estimate of drug-likeness (QED) is 0.224. The Morgan fingerprint density at radius 2 is 1.69 bits per heavy atom. The van der Waals surface area contributed by atoms with Crippen LogP contribution in [0.25, 0.3) is 22.3 Å². The lowest BCUT2D eigenvalue weighted by molar-refractivity contribution is 0.0964. The van der Waals surface area contributed by atoms with Gasteiger partial charge < -0.3 is 19.2 Å². The van der Waals surface area contributed by atoms with E-state index in [0.717, 1.165) is 16.0 Å². The molecule has 0 saturated carbocycles. The maximum atomic E-state index is 13.2. The summed E-state index contributed by atoms with van der Waals surface area (Å²) in [6, 6.07) is 15.6. The molecule has 0 saturated heterocycles. The summed E-state index contributed by atoms with van der Waals surface area (Å²) in [5, 5.41) is 4.19. The predicted molar refractivity (Wildman–Crippen MR) is 160 cm³/mol. The second-order valence-corrected chi connectivity index (χ2v) is 13.8. The van der Waals surface area contributed by atoms with E-state index in [-0.39, 0.29) is 40.7 Å². The van der Waals surface area contributed by atoms with Gasteiger partial charge in [0.1, 0.15) is 40.5 Å². The summed E-state index contributed by atoms with van der Waals surface area (Å²) in [5.41, 5.74) is 1.81. The van der Waals surface area contributed by atoms with Crippen LogP contribution in [0.15, 0.2) is 76.2 Å². The fourth-order valence-electron chi connectivity index (χ4n) is 4.72. The van der Waals surface area contributed by atoms with Crippen molar-refractivity contribution in [2.75, 3.05) is 30.4 Å². The van der Waals surface area contributed by atoms with Gasteiger partial charge in [-0.3, -0.25) is 18.2 Å². The molecular weight excluding hydrogens is 587 g/mol. The van der Waals surface area contributed by atoms with Crippen molar-refractivity contribution in [3.63, 3.8) is 0 Å². The second kappa shape index (κ2) is 11.0. The molecule has 0 radical (unpaired) electrons. The summed E-state index contributed by atoms with van der Waals surface area (Å²) in [6.07, 6.45) is 1.54. The third kappa shape index (κ3) is 6.09. The minimum absolute atomic E-state index is 0.0819. The van der Waals surface area contributed by atoms with E-state index in [1.54, 1.807) is 43.3 Å². The molecule has 1 aliphatic heterocycles. The molecular formula is C29H29FN2O8S2. The van der Waals surface area contributed by atoms with Crippen LogP contribution in [0.4, 0.5) is 10.1 Å².